The van der Waals surface area contributed by atoms with E-state index in [0.717, 1.165) is 17.5 Å². The summed E-state index contributed by atoms with van der Waals surface area (Å²) < 4.78 is 26.2. The van der Waals surface area contributed by atoms with Crippen LogP contribution in [0.15, 0.2) is 66.7 Å². The van der Waals surface area contributed by atoms with Gasteiger partial charge in [-0.25, -0.2) is 4.39 Å². The third kappa shape index (κ3) is 5.24. The van der Waals surface area contributed by atoms with Crippen LogP contribution in [0.3, 0.4) is 0 Å². The summed E-state index contributed by atoms with van der Waals surface area (Å²) in [6.07, 6.45) is 0.863. The Kier molecular flexibility index (Phi) is 6.87. The van der Waals surface area contributed by atoms with Crippen molar-refractivity contribution in [3.63, 3.8) is 0 Å². The minimum absolute atomic E-state index is 0.0221. The molecule has 28 heavy (non-hydrogen) atoms. The third-order valence-corrected chi connectivity index (χ3v) is 4.25. The number of aliphatic hydroxyl groups is 1. The molecule has 0 unspecified atom stereocenters. The van der Waals surface area contributed by atoms with E-state index in [2.05, 4.69) is 12.2 Å². The zero-order chi connectivity index (χ0) is 19.8. The monoisotopic (exact) mass is 381 g/mol. The molecular weight excluding hydrogens is 357 g/mol. The van der Waals surface area contributed by atoms with Crippen molar-refractivity contribution in [1.29, 1.82) is 0 Å². The van der Waals surface area contributed by atoms with Crippen molar-refractivity contribution in [2.24, 2.45) is 0 Å². The molecule has 0 radical (unpaired) electrons. The highest BCUT2D eigenvalue weighted by Crippen LogP contribution is 2.35. The molecule has 0 saturated heterocycles. The summed E-state index contributed by atoms with van der Waals surface area (Å²) in [4.78, 5) is 0. The highest BCUT2D eigenvalue weighted by atomic mass is 19.1. The summed E-state index contributed by atoms with van der Waals surface area (Å²) in [6.45, 7) is 2.80. The maximum atomic E-state index is 14.4. The second-order valence-electron chi connectivity index (χ2n) is 6.31. The minimum atomic E-state index is -0.489. The largest absolute Gasteiger partial charge is 0.485 e. The average molecular weight is 381 g/mol. The van der Waals surface area contributed by atoms with Crippen molar-refractivity contribution in [1.82, 2.24) is 0 Å². The average Bonchev–Trinajstić information content (AvgIpc) is 2.73. The number of hydrogen-bond donors (Lipinski definition) is 2. The summed E-state index contributed by atoms with van der Waals surface area (Å²) in [5, 5.41) is 11.8. The fraction of sp³-hybridized carbons (Fsp3) is 0.217. The summed E-state index contributed by atoms with van der Waals surface area (Å²) in [7, 11) is 0. The molecule has 0 spiro atoms. The van der Waals surface area contributed by atoms with Gasteiger partial charge in [-0.2, -0.15) is 0 Å². The Hall–Kier alpha value is -3.05. The van der Waals surface area contributed by atoms with Crippen LogP contribution in [0.5, 0.6) is 17.2 Å². The van der Waals surface area contributed by atoms with Crippen LogP contribution in [-0.4, -0.2) is 18.3 Å². The Morgan fingerprint density at radius 1 is 0.893 bits per heavy atom. The quantitative estimate of drug-likeness (QED) is 0.537. The van der Waals surface area contributed by atoms with Crippen LogP contribution in [0.4, 0.5) is 10.1 Å². The summed E-state index contributed by atoms with van der Waals surface area (Å²) in [5.41, 5.74) is 2.74. The van der Waals surface area contributed by atoms with Crippen molar-refractivity contribution in [2.45, 2.75) is 20.0 Å². The van der Waals surface area contributed by atoms with Crippen molar-refractivity contribution in [3.05, 3.63) is 83.7 Å². The molecule has 3 aromatic rings. The van der Waals surface area contributed by atoms with Gasteiger partial charge in [0.05, 0.1) is 6.61 Å². The summed E-state index contributed by atoms with van der Waals surface area (Å²) in [5.74, 6) is 0.660. The van der Waals surface area contributed by atoms with Gasteiger partial charge in [-0.3, -0.25) is 0 Å². The molecule has 0 fully saturated rings. The van der Waals surface area contributed by atoms with E-state index >= 15 is 0 Å². The normalized spacial score (nSPS) is 10.5. The second-order valence-corrected chi connectivity index (χ2v) is 6.31. The smallest absolute Gasteiger partial charge is 0.169 e. The van der Waals surface area contributed by atoms with Gasteiger partial charge in [-0.15, -0.1) is 0 Å². The standard InChI is InChI=1S/C23H24FNO3/c1-2-17-8-10-22(23(14-17)27-16-18-6-4-3-5-7-18)28-21-11-9-19(15-20(21)24)25-12-13-26/h3-11,14-15,25-26H,2,12-13,16H2,1H3. The number of aliphatic hydroxyl groups excluding tert-OH is 1. The van der Waals surface area contributed by atoms with Gasteiger partial charge >= 0.3 is 0 Å². The molecule has 5 heteroatoms. The van der Waals surface area contributed by atoms with E-state index in [0.29, 0.717) is 30.3 Å². The summed E-state index contributed by atoms with van der Waals surface area (Å²) in [6, 6.07) is 20.1. The molecule has 3 aromatic carbocycles. The highest BCUT2D eigenvalue weighted by Gasteiger charge is 2.12. The van der Waals surface area contributed by atoms with Crippen LogP contribution in [0.25, 0.3) is 0 Å². The maximum Gasteiger partial charge on any atom is 0.169 e. The topological polar surface area (TPSA) is 50.7 Å². The van der Waals surface area contributed by atoms with E-state index in [1.54, 1.807) is 18.2 Å². The molecule has 0 amide bonds. The minimum Gasteiger partial charge on any atom is -0.485 e. The van der Waals surface area contributed by atoms with Crippen LogP contribution in [-0.2, 0) is 13.0 Å². The van der Waals surface area contributed by atoms with Gasteiger partial charge in [0.1, 0.15) is 6.61 Å². The first-order valence-corrected chi connectivity index (χ1v) is 9.31. The van der Waals surface area contributed by atoms with Crippen LogP contribution in [0.1, 0.15) is 18.1 Å². The first-order valence-electron chi connectivity index (χ1n) is 9.31. The molecule has 2 N–H and O–H groups in total. The lowest BCUT2D eigenvalue weighted by Gasteiger charge is -2.15. The number of anilines is 1. The molecule has 0 aliphatic heterocycles. The lowest BCUT2D eigenvalue weighted by Crippen LogP contribution is -2.05. The Bertz CT molecular complexity index is 900. The molecule has 0 heterocycles. The molecular formula is C23H24FNO3. The number of ether oxygens (including phenoxy) is 2. The van der Waals surface area contributed by atoms with Gasteiger partial charge in [0.2, 0.25) is 0 Å². The van der Waals surface area contributed by atoms with Crippen molar-refractivity contribution >= 4 is 5.69 Å². The first-order chi connectivity index (χ1) is 13.7. The van der Waals surface area contributed by atoms with Gasteiger partial charge in [0, 0.05) is 18.3 Å². The zero-order valence-electron chi connectivity index (χ0n) is 15.8. The molecule has 0 saturated carbocycles. The molecule has 3 rings (SSSR count). The van der Waals surface area contributed by atoms with Crippen LogP contribution < -0.4 is 14.8 Å². The number of halogens is 1. The molecule has 0 aliphatic carbocycles. The SMILES string of the molecule is CCc1ccc(Oc2ccc(NCCO)cc2F)c(OCc2ccccc2)c1. The van der Waals surface area contributed by atoms with E-state index in [4.69, 9.17) is 14.6 Å². The fourth-order valence-electron chi connectivity index (χ4n) is 2.72. The molecule has 0 bridgehead atoms. The van der Waals surface area contributed by atoms with E-state index in [-0.39, 0.29) is 12.4 Å². The maximum absolute atomic E-state index is 14.4. The first kappa shape index (κ1) is 19.7. The van der Waals surface area contributed by atoms with Crippen molar-refractivity contribution < 1.29 is 19.0 Å². The highest BCUT2D eigenvalue weighted by molar-refractivity contribution is 5.50. The molecule has 0 atom stereocenters. The van der Waals surface area contributed by atoms with Crippen molar-refractivity contribution in [2.75, 3.05) is 18.5 Å². The van der Waals surface area contributed by atoms with Crippen molar-refractivity contribution in [3.8, 4) is 17.2 Å². The van der Waals surface area contributed by atoms with E-state index in [1.165, 1.54) is 6.07 Å². The Balaban J connectivity index is 1.79. The van der Waals surface area contributed by atoms with Crippen LogP contribution in [0.2, 0.25) is 0 Å². The van der Waals surface area contributed by atoms with Gasteiger partial charge < -0.3 is 19.9 Å². The Morgan fingerprint density at radius 2 is 1.68 bits per heavy atom. The Morgan fingerprint density at radius 3 is 2.39 bits per heavy atom. The molecule has 146 valence electrons. The van der Waals surface area contributed by atoms with E-state index in [9.17, 15) is 4.39 Å². The van der Waals surface area contributed by atoms with Gasteiger partial charge in [-0.1, -0.05) is 43.3 Å². The number of hydrogen-bond acceptors (Lipinski definition) is 4. The molecule has 0 aliphatic rings. The predicted molar refractivity (Wildman–Crippen MR) is 109 cm³/mol. The number of benzene rings is 3. The zero-order valence-corrected chi connectivity index (χ0v) is 15.8. The second kappa shape index (κ2) is 9.76. The van der Waals surface area contributed by atoms with Gasteiger partial charge in [0.25, 0.3) is 0 Å². The van der Waals surface area contributed by atoms with E-state index in [1.807, 2.05) is 42.5 Å². The summed E-state index contributed by atoms with van der Waals surface area (Å²) >= 11 is 0. The number of nitrogens with one attached hydrogen (secondary N) is 1. The number of rotatable bonds is 9. The molecule has 0 aromatic heterocycles. The van der Waals surface area contributed by atoms with Gasteiger partial charge in [-0.05, 0) is 41.8 Å². The fourth-order valence-corrected chi connectivity index (χ4v) is 2.72. The van der Waals surface area contributed by atoms with Crippen LogP contribution in [0, 0.1) is 5.82 Å². The third-order valence-electron chi connectivity index (χ3n) is 4.25. The van der Waals surface area contributed by atoms with Gasteiger partial charge in [0.15, 0.2) is 23.1 Å². The predicted octanol–water partition coefficient (Wildman–Crippen LogP) is 5.16. The molecule has 4 nitrogen and oxygen atoms in total. The van der Waals surface area contributed by atoms with E-state index < -0.39 is 5.82 Å². The lowest BCUT2D eigenvalue weighted by atomic mass is 10.1. The Labute approximate surface area is 164 Å². The lowest BCUT2D eigenvalue weighted by molar-refractivity contribution is 0.289. The number of aryl methyl sites for hydroxylation is 1. The van der Waals surface area contributed by atoms with Crippen LogP contribution >= 0.6 is 0 Å².